The van der Waals surface area contributed by atoms with Crippen LogP contribution in [-0.4, -0.2) is 34.5 Å². The van der Waals surface area contributed by atoms with E-state index in [0.717, 1.165) is 19.3 Å². The van der Waals surface area contributed by atoms with E-state index in [0.29, 0.717) is 12.8 Å². The summed E-state index contributed by atoms with van der Waals surface area (Å²) in [6.45, 7) is 9.65. The highest BCUT2D eigenvalue weighted by Gasteiger charge is 2.37. The molecule has 2 unspecified atom stereocenters. The molecule has 2 atom stereocenters. The minimum absolute atomic E-state index is 0.00560. The number of unbranched alkanes of at least 4 members (excludes halogenated alkanes) is 1. The normalized spacial score (nSPS) is 24.5. The first-order valence-electron chi connectivity index (χ1n) is 7.27. The predicted molar refractivity (Wildman–Crippen MR) is 75.1 cm³/mol. The lowest BCUT2D eigenvalue weighted by atomic mass is 9.92. The van der Waals surface area contributed by atoms with Crippen molar-refractivity contribution in [3.63, 3.8) is 0 Å². The van der Waals surface area contributed by atoms with Gasteiger partial charge in [-0.05, 0) is 34.1 Å². The van der Waals surface area contributed by atoms with Crippen LogP contribution < -0.4 is 0 Å². The molecule has 0 N–H and O–H groups in total. The van der Waals surface area contributed by atoms with E-state index in [9.17, 15) is 9.59 Å². The van der Waals surface area contributed by atoms with Crippen molar-refractivity contribution in [1.82, 2.24) is 4.90 Å². The molecule has 1 aliphatic rings. The Hall–Kier alpha value is -1.06. The molecule has 1 saturated heterocycles. The van der Waals surface area contributed by atoms with Gasteiger partial charge in [-0.25, -0.2) is 4.79 Å². The van der Waals surface area contributed by atoms with Gasteiger partial charge in [0, 0.05) is 24.9 Å². The monoisotopic (exact) mass is 269 g/mol. The number of nitrogens with zero attached hydrogens (tertiary/aromatic N) is 1. The van der Waals surface area contributed by atoms with E-state index < -0.39 is 5.60 Å². The number of Topliss-reactive ketones (excluding diaryl/α,β-unsaturated/α-hetero) is 1. The highest BCUT2D eigenvalue weighted by molar-refractivity contribution is 5.83. The first-order chi connectivity index (χ1) is 8.74. The molecule has 1 rings (SSSR count). The van der Waals surface area contributed by atoms with Gasteiger partial charge in [-0.15, -0.1) is 0 Å². The van der Waals surface area contributed by atoms with Crippen LogP contribution in [0.5, 0.6) is 0 Å². The molecule has 0 bridgehead atoms. The van der Waals surface area contributed by atoms with Gasteiger partial charge in [0.15, 0.2) is 0 Å². The maximum Gasteiger partial charge on any atom is 0.410 e. The lowest BCUT2D eigenvalue weighted by Crippen LogP contribution is -2.52. The molecule has 1 fully saturated rings. The number of ketones is 1. The van der Waals surface area contributed by atoms with E-state index in [2.05, 4.69) is 6.92 Å². The summed E-state index contributed by atoms with van der Waals surface area (Å²) in [5.74, 6) is 0.258. The Morgan fingerprint density at radius 2 is 2.00 bits per heavy atom. The molecule has 1 heterocycles. The first-order valence-corrected chi connectivity index (χ1v) is 7.27. The van der Waals surface area contributed by atoms with Crippen molar-refractivity contribution < 1.29 is 14.3 Å². The van der Waals surface area contributed by atoms with Crippen molar-refractivity contribution in [3.8, 4) is 0 Å². The van der Waals surface area contributed by atoms with E-state index in [1.807, 2.05) is 27.7 Å². The number of amides is 1. The lowest BCUT2D eigenvalue weighted by Gasteiger charge is -2.40. The average Bonchev–Trinajstić information content (AvgIpc) is 2.22. The fraction of sp³-hybridized carbons (Fsp3) is 0.867. The Morgan fingerprint density at radius 1 is 1.37 bits per heavy atom. The molecule has 0 aliphatic carbocycles. The topological polar surface area (TPSA) is 46.6 Å². The molecule has 0 spiro atoms. The summed E-state index contributed by atoms with van der Waals surface area (Å²) in [5, 5.41) is 0. The number of carbonyl (C=O) groups is 2. The number of likely N-dealkylation sites (tertiary alicyclic amines) is 1. The Morgan fingerprint density at radius 3 is 2.53 bits per heavy atom. The van der Waals surface area contributed by atoms with Gasteiger partial charge in [-0.2, -0.15) is 0 Å². The maximum atomic E-state index is 12.3. The minimum atomic E-state index is -0.492. The summed E-state index contributed by atoms with van der Waals surface area (Å²) in [6.07, 6.45) is 3.62. The van der Waals surface area contributed by atoms with Crippen LogP contribution in [0.15, 0.2) is 0 Å². The average molecular weight is 269 g/mol. The number of hydrogen-bond acceptors (Lipinski definition) is 3. The molecule has 110 valence electrons. The summed E-state index contributed by atoms with van der Waals surface area (Å²) in [7, 11) is 0. The summed E-state index contributed by atoms with van der Waals surface area (Å²) >= 11 is 0. The van der Waals surface area contributed by atoms with Crippen LogP contribution >= 0.6 is 0 Å². The summed E-state index contributed by atoms with van der Waals surface area (Å²) in [5.41, 5.74) is -0.492. The first kappa shape index (κ1) is 16.0. The molecule has 0 aromatic carbocycles. The Kier molecular flexibility index (Phi) is 5.39. The zero-order chi connectivity index (χ0) is 14.6. The second kappa shape index (κ2) is 6.40. The number of ether oxygens (including phenoxy) is 1. The molecule has 4 nitrogen and oxygen atoms in total. The van der Waals surface area contributed by atoms with Gasteiger partial charge in [-0.1, -0.05) is 19.8 Å². The quantitative estimate of drug-likeness (QED) is 0.787. The summed E-state index contributed by atoms with van der Waals surface area (Å²) < 4.78 is 5.47. The second-order valence-electron chi connectivity index (χ2n) is 6.48. The van der Waals surface area contributed by atoms with Crippen LogP contribution in [0, 0.1) is 0 Å². The summed E-state index contributed by atoms with van der Waals surface area (Å²) in [4.78, 5) is 25.8. The number of piperidine rings is 1. The van der Waals surface area contributed by atoms with Gasteiger partial charge in [0.1, 0.15) is 11.4 Å². The fourth-order valence-electron chi connectivity index (χ4n) is 2.56. The molecule has 0 radical (unpaired) electrons. The zero-order valence-corrected chi connectivity index (χ0v) is 12.9. The molecule has 19 heavy (non-hydrogen) atoms. The third kappa shape index (κ3) is 4.84. The third-order valence-electron chi connectivity index (χ3n) is 3.35. The van der Waals surface area contributed by atoms with Crippen molar-refractivity contribution >= 4 is 11.9 Å². The highest BCUT2D eigenvalue weighted by Crippen LogP contribution is 2.26. The van der Waals surface area contributed by atoms with Crippen LogP contribution in [0.3, 0.4) is 0 Å². The van der Waals surface area contributed by atoms with Crippen LogP contribution in [0.4, 0.5) is 4.79 Å². The van der Waals surface area contributed by atoms with Gasteiger partial charge in [0.05, 0.1) is 0 Å². The molecule has 0 saturated carbocycles. The Balaban J connectivity index is 2.78. The number of rotatable bonds is 3. The molecule has 0 aromatic rings. The predicted octanol–water partition coefficient (Wildman–Crippen LogP) is 3.53. The number of carbonyl (C=O) groups excluding carboxylic acids is 2. The second-order valence-corrected chi connectivity index (χ2v) is 6.48. The Labute approximate surface area is 116 Å². The molecule has 1 aliphatic heterocycles. The van der Waals surface area contributed by atoms with Crippen LogP contribution in [0.2, 0.25) is 0 Å². The largest absolute Gasteiger partial charge is 0.444 e. The molecule has 1 amide bonds. The van der Waals surface area contributed by atoms with E-state index in [-0.39, 0.29) is 24.0 Å². The van der Waals surface area contributed by atoms with Crippen LogP contribution in [0.1, 0.15) is 66.7 Å². The smallest absolute Gasteiger partial charge is 0.410 e. The minimum Gasteiger partial charge on any atom is -0.444 e. The van der Waals surface area contributed by atoms with Crippen LogP contribution in [-0.2, 0) is 9.53 Å². The van der Waals surface area contributed by atoms with Crippen molar-refractivity contribution in [2.24, 2.45) is 0 Å². The van der Waals surface area contributed by atoms with Gasteiger partial charge in [0.25, 0.3) is 0 Å². The van der Waals surface area contributed by atoms with Gasteiger partial charge >= 0.3 is 6.09 Å². The van der Waals surface area contributed by atoms with Gasteiger partial charge < -0.3 is 9.64 Å². The fourth-order valence-corrected chi connectivity index (χ4v) is 2.56. The standard InChI is InChI=1S/C15H27NO3/c1-6-7-8-12-10-13(17)9-11(2)16(12)14(18)19-15(3,4)5/h11-12H,6-10H2,1-5H3. The van der Waals surface area contributed by atoms with Gasteiger partial charge in [0.2, 0.25) is 0 Å². The SMILES string of the molecule is CCCCC1CC(=O)CC(C)N1C(=O)OC(C)(C)C. The zero-order valence-electron chi connectivity index (χ0n) is 12.9. The molecule has 4 heteroatoms. The molecular weight excluding hydrogens is 242 g/mol. The van der Waals surface area contributed by atoms with Crippen molar-refractivity contribution in [2.45, 2.75) is 84.4 Å². The highest BCUT2D eigenvalue weighted by atomic mass is 16.6. The maximum absolute atomic E-state index is 12.3. The third-order valence-corrected chi connectivity index (χ3v) is 3.35. The van der Waals surface area contributed by atoms with Crippen molar-refractivity contribution in [2.75, 3.05) is 0 Å². The number of hydrogen-bond donors (Lipinski definition) is 0. The summed E-state index contributed by atoms with van der Waals surface area (Å²) in [6, 6.07) is -0.0518. The van der Waals surface area contributed by atoms with Crippen molar-refractivity contribution in [3.05, 3.63) is 0 Å². The Bertz CT molecular complexity index is 333. The molecule has 0 aromatic heterocycles. The van der Waals surface area contributed by atoms with E-state index in [1.54, 1.807) is 4.90 Å². The van der Waals surface area contributed by atoms with E-state index in [4.69, 9.17) is 4.74 Å². The van der Waals surface area contributed by atoms with Crippen molar-refractivity contribution in [1.29, 1.82) is 0 Å². The van der Waals surface area contributed by atoms with Gasteiger partial charge in [-0.3, -0.25) is 4.79 Å². The van der Waals surface area contributed by atoms with E-state index in [1.165, 1.54) is 0 Å². The molecular formula is C15H27NO3. The van der Waals surface area contributed by atoms with Crippen LogP contribution in [0.25, 0.3) is 0 Å². The lowest BCUT2D eigenvalue weighted by molar-refractivity contribution is -0.124. The van der Waals surface area contributed by atoms with E-state index >= 15 is 0 Å².